The maximum Gasteiger partial charge on any atom is 0.223 e. The SMILES string of the molecule is CC(C)c1nnc(CCC(=O)N2CCC(CCN3CCOCC3)CC2)o1. The van der Waals surface area contributed by atoms with Crippen LogP contribution in [0.4, 0.5) is 0 Å². The molecule has 3 rings (SSSR count). The summed E-state index contributed by atoms with van der Waals surface area (Å²) in [5, 5.41) is 8.06. The second kappa shape index (κ2) is 9.46. The molecule has 7 nitrogen and oxygen atoms in total. The number of morpholine rings is 1. The summed E-state index contributed by atoms with van der Waals surface area (Å²) < 4.78 is 11.0. The van der Waals surface area contributed by atoms with Gasteiger partial charge in [0.15, 0.2) is 0 Å². The Morgan fingerprint density at radius 1 is 1.15 bits per heavy atom. The molecule has 0 aromatic carbocycles. The van der Waals surface area contributed by atoms with Gasteiger partial charge in [-0.25, -0.2) is 0 Å². The molecule has 0 unspecified atom stereocenters. The molecule has 0 saturated carbocycles. The van der Waals surface area contributed by atoms with E-state index in [1.807, 2.05) is 18.7 Å². The largest absolute Gasteiger partial charge is 0.425 e. The molecule has 0 radical (unpaired) electrons. The van der Waals surface area contributed by atoms with Crippen LogP contribution in [0.2, 0.25) is 0 Å². The summed E-state index contributed by atoms with van der Waals surface area (Å²) in [6, 6.07) is 0. The van der Waals surface area contributed by atoms with E-state index in [0.717, 1.165) is 64.7 Å². The van der Waals surface area contributed by atoms with E-state index in [9.17, 15) is 4.79 Å². The quantitative estimate of drug-likeness (QED) is 0.738. The molecule has 2 fully saturated rings. The number of hydrogen-bond acceptors (Lipinski definition) is 6. The Hall–Kier alpha value is -1.47. The zero-order valence-electron chi connectivity index (χ0n) is 16.2. The Bertz CT molecular complexity index is 561. The molecule has 0 bridgehead atoms. The second-order valence-corrected chi connectivity index (χ2v) is 7.76. The van der Waals surface area contributed by atoms with Crippen LogP contribution in [0.3, 0.4) is 0 Å². The summed E-state index contributed by atoms with van der Waals surface area (Å²) in [6.45, 7) is 10.8. The summed E-state index contributed by atoms with van der Waals surface area (Å²) in [6.07, 6.45) is 4.47. The van der Waals surface area contributed by atoms with Crippen molar-refractivity contribution in [2.45, 2.75) is 51.9 Å². The number of carbonyl (C=O) groups excluding carboxylic acids is 1. The third kappa shape index (κ3) is 5.51. The molecular formula is C19H32N4O3. The number of aromatic nitrogens is 2. The van der Waals surface area contributed by atoms with Gasteiger partial charge in [-0.05, 0) is 31.7 Å². The fourth-order valence-electron chi connectivity index (χ4n) is 3.63. The van der Waals surface area contributed by atoms with Gasteiger partial charge in [-0.2, -0.15) is 0 Å². The molecule has 146 valence electrons. The van der Waals surface area contributed by atoms with Crippen LogP contribution in [0.25, 0.3) is 0 Å². The molecule has 0 atom stereocenters. The van der Waals surface area contributed by atoms with E-state index in [1.54, 1.807) is 0 Å². The smallest absolute Gasteiger partial charge is 0.223 e. The van der Waals surface area contributed by atoms with Gasteiger partial charge in [0, 0.05) is 44.9 Å². The number of rotatable bonds is 7. The Kier molecular flexibility index (Phi) is 7.02. The van der Waals surface area contributed by atoms with E-state index >= 15 is 0 Å². The van der Waals surface area contributed by atoms with Crippen molar-refractivity contribution in [1.82, 2.24) is 20.0 Å². The first kappa shape index (κ1) is 19.3. The van der Waals surface area contributed by atoms with Crippen molar-refractivity contribution in [3.63, 3.8) is 0 Å². The number of piperidine rings is 1. The van der Waals surface area contributed by atoms with Crippen molar-refractivity contribution >= 4 is 5.91 Å². The maximum atomic E-state index is 12.4. The fourth-order valence-corrected chi connectivity index (χ4v) is 3.63. The number of aryl methyl sites for hydroxylation is 1. The maximum absolute atomic E-state index is 12.4. The minimum atomic E-state index is 0.209. The van der Waals surface area contributed by atoms with Gasteiger partial charge in [0.2, 0.25) is 17.7 Å². The van der Waals surface area contributed by atoms with Gasteiger partial charge >= 0.3 is 0 Å². The first-order valence-electron chi connectivity index (χ1n) is 10.0. The molecule has 26 heavy (non-hydrogen) atoms. The van der Waals surface area contributed by atoms with E-state index in [1.165, 1.54) is 6.42 Å². The lowest BCUT2D eigenvalue weighted by Gasteiger charge is -2.34. The van der Waals surface area contributed by atoms with Crippen LogP contribution in [0, 0.1) is 5.92 Å². The first-order chi connectivity index (χ1) is 12.6. The van der Waals surface area contributed by atoms with Crippen molar-refractivity contribution in [3.05, 3.63) is 11.8 Å². The third-order valence-electron chi connectivity index (χ3n) is 5.45. The molecule has 1 amide bonds. The molecule has 7 heteroatoms. The monoisotopic (exact) mass is 364 g/mol. The van der Waals surface area contributed by atoms with Gasteiger partial charge in [0.05, 0.1) is 13.2 Å². The van der Waals surface area contributed by atoms with Gasteiger partial charge in [-0.15, -0.1) is 10.2 Å². The lowest BCUT2D eigenvalue weighted by molar-refractivity contribution is -0.132. The molecule has 1 aromatic rings. The highest BCUT2D eigenvalue weighted by Gasteiger charge is 2.24. The molecule has 0 spiro atoms. The van der Waals surface area contributed by atoms with Crippen LogP contribution in [0.1, 0.15) is 57.2 Å². The molecule has 1 aromatic heterocycles. The minimum Gasteiger partial charge on any atom is -0.425 e. The van der Waals surface area contributed by atoms with E-state index in [-0.39, 0.29) is 11.8 Å². The van der Waals surface area contributed by atoms with Crippen LogP contribution in [-0.4, -0.2) is 71.8 Å². The predicted octanol–water partition coefficient (Wildman–Crippen LogP) is 2.09. The number of ether oxygens (including phenoxy) is 1. The molecular weight excluding hydrogens is 332 g/mol. The Balaban J connectivity index is 1.33. The summed E-state index contributed by atoms with van der Waals surface area (Å²) in [7, 11) is 0. The predicted molar refractivity (Wildman–Crippen MR) is 97.9 cm³/mol. The number of amides is 1. The summed E-state index contributed by atoms with van der Waals surface area (Å²) >= 11 is 0. The molecule has 3 heterocycles. The van der Waals surface area contributed by atoms with Crippen molar-refractivity contribution in [3.8, 4) is 0 Å². The summed E-state index contributed by atoms with van der Waals surface area (Å²) in [5.74, 6) is 2.40. The van der Waals surface area contributed by atoms with E-state index < -0.39 is 0 Å². The van der Waals surface area contributed by atoms with Gasteiger partial charge in [0.1, 0.15) is 0 Å². The van der Waals surface area contributed by atoms with Gasteiger partial charge in [-0.1, -0.05) is 13.8 Å². The summed E-state index contributed by atoms with van der Waals surface area (Å²) in [4.78, 5) is 16.9. The average molecular weight is 364 g/mol. The van der Waals surface area contributed by atoms with Crippen molar-refractivity contribution in [1.29, 1.82) is 0 Å². The number of carbonyl (C=O) groups is 1. The lowest BCUT2D eigenvalue weighted by atomic mass is 9.93. The van der Waals surface area contributed by atoms with Gasteiger partial charge in [-0.3, -0.25) is 9.69 Å². The third-order valence-corrected chi connectivity index (χ3v) is 5.45. The second-order valence-electron chi connectivity index (χ2n) is 7.76. The minimum absolute atomic E-state index is 0.209. The highest BCUT2D eigenvalue weighted by molar-refractivity contribution is 5.76. The van der Waals surface area contributed by atoms with Crippen LogP contribution < -0.4 is 0 Å². The Morgan fingerprint density at radius 2 is 1.88 bits per heavy atom. The van der Waals surface area contributed by atoms with Crippen molar-refractivity contribution in [2.24, 2.45) is 5.92 Å². The average Bonchev–Trinajstić information content (AvgIpc) is 3.15. The summed E-state index contributed by atoms with van der Waals surface area (Å²) in [5.41, 5.74) is 0. The van der Waals surface area contributed by atoms with E-state index in [2.05, 4.69) is 15.1 Å². The zero-order chi connectivity index (χ0) is 18.4. The normalized spacial score (nSPS) is 20.0. The molecule has 2 aliphatic heterocycles. The molecule has 0 N–H and O–H groups in total. The number of likely N-dealkylation sites (tertiary alicyclic amines) is 1. The highest BCUT2D eigenvalue weighted by Crippen LogP contribution is 2.22. The zero-order valence-corrected chi connectivity index (χ0v) is 16.2. The number of nitrogens with zero attached hydrogens (tertiary/aromatic N) is 4. The molecule has 2 aliphatic rings. The van der Waals surface area contributed by atoms with Crippen LogP contribution in [0.15, 0.2) is 4.42 Å². The number of hydrogen-bond donors (Lipinski definition) is 0. The van der Waals surface area contributed by atoms with E-state index in [0.29, 0.717) is 24.6 Å². The molecule has 0 aliphatic carbocycles. The standard InChI is InChI=1S/C19H32N4O3/c1-15(2)19-21-20-17(26-19)3-4-18(24)23-9-6-16(7-10-23)5-8-22-11-13-25-14-12-22/h15-16H,3-14H2,1-2H3. The van der Waals surface area contributed by atoms with Crippen molar-refractivity contribution in [2.75, 3.05) is 45.9 Å². The van der Waals surface area contributed by atoms with Crippen molar-refractivity contribution < 1.29 is 13.9 Å². The van der Waals surface area contributed by atoms with E-state index in [4.69, 9.17) is 9.15 Å². The Labute approximate surface area is 156 Å². The first-order valence-corrected chi connectivity index (χ1v) is 10.0. The fraction of sp³-hybridized carbons (Fsp3) is 0.842. The van der Waals surface area contributed by atoms with Crippen LogP contribution >= 0.6 is 0 Å². The Morgan fingerprint density at radius 3 is 2.54 bits per heavy atom. The van der Waals surface area contributed by atoms with Gasteiger partial charge < -0.3 is 14.1 Å². The van der Waals surface area contributed by atoms with Crippen LogP contribution in [0.5, 0.6) is 0 Å². The lowest BCUT2D eigenvalue weighted by Crippen LogP contribution is -2.40. The van der Waals surface area contributed by atoms with Gasteiger partial charge in [0.25, 0.3) is 0 Å². The van der Waals surface area contributed by atoms with Crippen LogP contribution in [-0.2, 0) is 16.0 Å². The topological polar surface area (TPSA) is 71.7 Å². The molecule has 2 saturated heterocycles. The highest BCUT2D eigenvalue weighted by atomic mass is 16.5.